The zero-order valence-corrected chi connectivity index (χ0v) is 12.2. The molecule has 0 unspecified atom stereocenters. The Kier molecular flexibility index (Phi) is 3.06. The van der Waals surface area contributed by atoms with Gasteiger partial charge in [-0.3, -0.25) is 0 Å². The molecule has 0 saturated heterocycles. The highest BCUT2D eigenvalue weighted by molar-refractivity contribution is 6.31. The Morgan fingerprint density at radius 3 is 2.63 bits per heavy atom. The van der Waals surface area contributed by atoms with Gasteiger partial charge >= 0.3 is 0 Å². The topological polar surface area (TPSA) is 43.8 Å². The third-order valence-electron chi connectivity index (χ3n) is 4.27. The van der Waals surface area contributed by atoms with Crippen LogP contribution in [-0.2, 0) is 5.54 Å². The van der Waals surface area contributed by atoms with Gasteiger partial charge in [-0.2, -0.15) is 0 Å². The first-order chi connectivity index (χ1) is 9.09. The molecule has 3 nitrogen and oxygen atoms in total. The predicted octanol–water partition coefficient (Wildman–Crippen LogP) is 4.00. The van der Waals surface area contributed by atoms with Crippen LogP contribution in [0.2, 0.25) is 5.02 Å². The summed E-state index contributed by atoms with van der Waals surface area (Å²) in [7, 11) is 0. The maximum atomic E-state index is 6.57. The molecule has 2 aromatic rings. The number of hydrogen-bond donors (Lipinski definition) is 1. The normalized spacial score (nSPS) is 16.2. The summed E-state index contributed by atoms with van der Waals surface area (Å²) >= 11 is 6.13. The Balaban J connectivity index is 2.26. The smallest absolute Gasteiger partial charge is 0.130 e. The van der Waals surface area contributed by atoms with E-state index in [-0.39, 0.29) is 5.54 Å². The average Bonchev–Trinajstić information content (AvgIpc) is 3.18. The first-order valence-corrected chi connectivity index (χ1v) is 7.43. The molecule has 19 heavy (non-hydrogen) atoms. The van der Waals surface area contributed by atoms with E-state index in [2.05, 4.69) is 18.4 Å². The molecule has 1 aromatic carbocycles. The molecule has 1 fully saturated rings. The summed E-state index contributed by atoms with van der Waals surface area (Å²) < 4.78 is 2.33. The van der Waals surface area contributed by atoms with Crippen molar-refractivity contribution < 1.29 is 0 Å². The maximum Gasteiger partial charge on any atom is 0.130 e. The first-order valence-electron chi connectivity index (χ1n) is 7.06. The minimum Gasteiger partial charge on any atom is -0.323 e. The second-order valence-corrected chi connectivity index (χ2v) is 5.97. The highest BCUT2D eigenvalue weighted by atomic mass is 35.5. The van der Waals surface area contributed by atoms with Crippen LogP contribution in [0.5, 0.6) is 0 Å². The number of imidazole rings is 1. The highest BCUT2D eigenvalue weighted by Gasteiger charge is 2.35. The number of nitrogens with zero attached hydrogens (tertiary/aromatic N) is 2. The SMILES string of the molecule is CCC(N)(CC)c1nc2ccc(Cl)cc2n1C1CC1. The van der Waals surface area contributed by atoms with Gasteiger partial charge in [-0.15, -0.1) is 0 Å². The fraction of sp³-hybridized carbons (Fsp3) is 0.533. The van der Waals surface area contributed by atoms with Crippen LogP contribution in [0.1, 0.15) is 51.4 Å². The number of aromatic nitrogens is 2. The zero-order valence-electron chi connectivity index (χ0n) is 11.5. The number of benzene rings is 1. The minimum atomic E-state index is -0.339. The molecule has 0 aliphatic heterocycles. The Hall–Kier alpha value is -1.06. The van der Waals surface area contributed by atoms with E-state index in [1.807, 2.05) is 18.2 Å². The zero-order chi connectivity index (χ0) is 13.6. The van der Waals surface area contributed by atoms with E-state index in [0.717, 1.165) is 34.7 Å². The van der Waals surface area contributed by atoms with Crippen LogP contribution in [0.25, 0.3) is 11.0 Å². The first kappa shape index (κ1) is 12.9. The standard InChI is InChI=1S/C15H20ClN3/c1-3-15(17,4-2)14-18-12-8-5-10(16)9-13(12)19(14)11-6-7-11/h5,8-9,11H,3-4,6-7,17H2,1-2H3. The van der Waals surface area contributed by atoms with Gasteiger partial charge in [0.25, 0.3) is 0 Å². The second-order valence-electron chi connectivity index (χ2n) is 5.53. The molecule has 1 saturated carbocycles. The van der Waals surface area contributed by atoms with Crippen molar-refractivity contribution >= 4 is 22.6 Å². The Bertz CT molecular complexity index is 609. The molecular formula is C15H20ClN3. The number of fused-ring (bicyclic) bond motifs is 1. The summed E-state index contributed by atoms with van der Waals surface area (Å²) in [6.07, 6.45) is 4.23. The lowest BCUT2D eigenvalue weighted by Gasteiger charge is -2.27. The van der Waals surface area contributed by atoms with Crippen LogP contribution < -0.4 is 5.73 Å². The summed E-state index contributed by atoms with van der Waals surface area (Å²) in [5.41, 5.74) is 8.36. The Labute approximate surface area is 118 Å². The second kappa shape index (κ2) is 4.50. The van der Waals surface area contributed by atoms with Gasteiger partial charge in [-0.1, -0.05) is 25.4 Å². The van der Waals surface area contributed by atoms with Crippen molar-refractivity contribution in [1.29, 1.82) is 0 Å². The molecule has 3 rings (SSSR count). The summed E-state index contributed by atoms with van der Waals surface area (Å²) in [5, 5.41) is 0.761. The third kappa shape index (κ3) is 2.05. The fourth-order valence-corrected chi connectivity index (χ4v) is 2.85. The van der Waals surface area contributed by atoms with Gasteiger partial charge in [-0.05, 0) is 43.9 Å². The van der Waals surface area contributed by atoms with E-state index in [9.17, 15) is 0 Å². The average molecular weight is 278 g/mol. The van der Waals surface area contributed by atoms with Gasteiger partial charge in [0.2, 0.25) is 0 Å². The monoisotopic (exact) mass is 277 g/mol. The van der Waals surface area contributed by atoms with E-state index in [1.165, 1.54) is 12.8 Å². The lowest BCUT2D eigenvalue weighted by Crippen LogP contribution is -2.38. The van der Waals surface area contributed by atoms with Gasteiger partial charge < -0.3 is 10.3 Å². The van der Waals surface area contributed by atoms with Gasteiger partial charge in [0.15, 0.2) is 0 Å². The molecule has 1 heterocycles. The molecule has 0 atom stereocenters. The van der Waals surface area contributed by atoms with Gasteiger partial charge in [-0.25, -0.2) is 4.98 Å². The molecule has 0 radical (unpaired) electrons. The van der Waals surface area contributed by atoms with Crippen molar-refractivity contribution in [1.82, 2.24) is 9.55 Å². The Morgan fingerprint density at radius 1 is 1.37 bits per heavy atom. The van der Waals surface area contributed by atoms with Crippen molar-refractivity contribution in [3.63, 3.8) is 0 Å². The molecule has 4 heteroatoms. The molecule has 0 amide bonds. The molecule has 1 aliphatic carbocycles. The van der Waals surface area contributed by atoms with Crippen LogP contribution >= 0.6 is 11.6 Å². The molecular weight excluding hydrogens is 258 g/mol. The van der Waals surface area contributed by atoms with E-state index in [1.54, 1.807) is 0 Å². The summed E-state index contributed by atoms with van der Waals surface area (Å²) in [6.45, 7) is 4.26. The van der Waals surface area contributed by atoms with E-state index >= 15 is 0 Å². The minimum absolute atomic E-state index is 0.339. The van der Waals surface area contributed by atoms with Crippen molar-refractivity contribution in [2.45, 2.75) is 51.1 Å². The molecule has 0 bridgehead atoms. The Morgan fingerprint density at radius 2 is 2.05 bits per heavy atom. The van der Waals surface area contributed by atoms with Crippen molar-refractivity contribution in [2.75, 3.05) is 0 Å². The quantitative estimate of drug-likeness (QED) is 0.918. The van der Waals surface area contributed by atoms with Gasteiger partial charge in [0, 0.05) is 11.1 Å². The van der Waals surface area contributed by atoms with Crippen molar-refractivity contribution in [2.24, 2.45) is 5.73 Å². The fourth-order valence-electron chi connectivity index (χ4n) is 2.69. The number of rotatable bonds is 4. The number of halogens is 1. The molecule has 102 valence electrons. The number of hydrogen-bond acceptors (Lipinski definition) is 2. The van der Waals surface area contributed by atoms with E-state index in [0.29, 0.717) is 6.04 Å². The highest BCUT2D eigenvalue weighted by Crippen LogP contribution is 2.42. The summed E-state index contributed by atoms with van der Waals surface area (Å²) in [5.74, 6) is 1.03. The largest absolute Gasteiger partial charge is 0.323 e. The van der Waals surface area contributed by atoms with Crippen molar-refractivity contribution in [3.8, 4) is 0 Å². The lowest BCUT2D eigenvalue weighted by molar-refractivity contribution is 0.371. The van der Waals surface area contributed by atoms with Crippen LogP contribution in [0.3, 0.4) is 0 Å². The predicted molar refractivity (Wildman–Crippen MR) is 79.5 cm³/mol. The molecule has 1 aliphatic rings. The molecule has 1 aromatic heterocycles. The van der Waals surface area contributed by atoms with Gasteiger partial charge in [0.05, 0.1) is 16.6 Å². The van der Waals surface area contributed by atoms with E-state index in [4.69, 9.17) is 22.3 Å². The third-order valence-corrected chi connectivity index (χ3v) is 4.51. The maximum absolute atomic E-state index is 6.57. The molecule has 2 N–H and O–H groups in total. The van der Waals surface area contributed by atoms with Crippen LogP contribution in [0, 0.1) is 0 Å². The summed E-state index contributed by atoms with van der Waals surface area (Å²) in [4.78, 5) is 4.81. The lowest BCUT2D eigenvalue weighted by atomic mass is 9.93. The molecule has 0 spiro atoms. The van der Waals surface area contributed by atoms with Crippen molar-refractivity contribution in [3.05, 3.63) is 29.0 Å². The van der Waals surface area contributed by atoms with Crippen LogP contribution in [0.15, 0.2) is 18.2 Å². The van der Waals surface area contributed by atoms with Crippen LogP contribution in [-0.4, -0.2) is 9.55 Å². The van der Waals surface area contributed by atoms with Gasteiger partial charge in [0.1, 0.15) is 5.82 Å². The van der Waals surface area contributed by atoms with E-state index < -0.39 is 0 Å². The number of nitrogens with two attached hydrogens (primary N) is 1. The summed E-state index contributed by atoms with van der Waals surface area (Å²) in [6, 6.07) is 6.46. The van der Waals surface area contributed by atoms with Crippen LogP contribution in [0.4, 0.5) is 0 Å².